The third-order valence-corrected chi connectivity index (χ3v) is 1.53. The van der Waals surface area contributed by atoms with Gasteiger partial charge in [0, 0.05) is 11.0 Å². The number of oxime groups is 1. The maximum absolute atomic E-state index is 11.1. The molecule has 0 aromatic carbocycles. The summed E-state index contributed by atoms with van der Waals surface area (Å²) in [4.78, 5) is 13.4. The van der Waals surface area contributed by atoms with Crippen LogP contribution in [-0.2, 0) is 4.79 Å². The molecular formula is C7H6N6O3. The predicted octanol–water partition coefficient (Wildman–Crippen LogP) is 0.500. The highest BCUT2D eigenvalue weighted by Gasteiger charge is 2.15. The first-order valence-corrected chi connectivity index (χ1v) is 3.92. The fraction of sp³-hybridized carbons (Fsp3) is 0.143. The molecule has 0 saturated carbocycles. The standard InChI is InChI=1S/C7H6N6O3/c1-16-5-3-2-4(9-10-5)6(12-15)7(14)11-13-8/h2-3,15H,1H3/b12-6-. The first kappa shape index (κ1) is 11.4. The number of carbonyl (C=O) groups excluding carboxylic acids is 1. The fourth-order valence-corrected chi connectivity index (χ4v) is 0.847. The first-order chi connectivity index (χ1) is 7.72. The van der Waals surface area contributed by atoms with Crippen LogP contribution in [0.2, 0.25) is 0 Å². The Kier molecular flexibility index (Phi) is 3.76. The van der Waals surface area contributed by atoms with Crippen LogP contribution in [0.15, 0.2) is 22.4 Å². The van der Waals surface area contributed by atoms with E-state index in [2.05, 4.69) is 25.4 Å². The van der Waals surface area contributed by atoms with E-state index in [4.69, 9.17) is 15.5 Å². The van der Waals surface area contributed by atoms with E-state index in [0.717, 1.165) is 0 Å². The largest absolute Gasteiger partial charge is 0.480 e. The maximum atomic E-state index is 11.1. The van der Waals surface area contributed by atoms with Crippen molar-refractivity contribution in [1.29, 1.82) is 0 Å². The minimum Gasteiger partial charge on any atom is -0.480 e. The van der Waals surface area contributed by atoms with Crippen LogP contribution < -0.4 is 4.74 Å². The smallest absolute Gasteiger partial charge is 0.273 e. The van der Waals surface area contributed by atoms with Gasteiger partial charge < -0.3 is 9.94 Å². The number of hydrogen-bond donors (Lipinski definition) is 1. The van der Waals surface area contributed by atoms with Gasteiger partial charge >= 0.3 is 0 Å². The second-order valence-corrected chi connectivity index (χ2v) is 2.40. The van der Waals surface area contributed by atoms with Gasteiger partial charge in [-0.05, 0) is 16.7 Å². The summed E-state index contributed by atoms with van der Waals surface area (Å²) in [6, 6.07) is 2.75. The van der Waals surface area contributed by atoms with E-state index in [1.54, 1.807) is 0 Å². The zero-order valence-corrected chi connectivity index (χ0v) is 8.10. The first-order valence-electron chi connectivity index (χ1n) is 3.92. The quantitative estimate of drug-likeness (QED) is 0.198. The van der Waals surface area contributed by atoms with Gasteiger partial charge in [0.05, 0.1) is 7.11 Å². The van der Waals surface area contributed by atoms with Gasteiger partial charge in [-0.25, -0.2) is 0 Å². The highest BCUT2D eigenvalue weighted by molar-refractivity contribution is 6.44. The summed E-state index contributed by atoms with van der Waals surface area (Å²) >= 11 is 0. The molecule has 0 aliphatic carbocycles. The lowest BCUT2D eigenvalue weighted by molar-refractivity contribution is -0.112. The molecule has 0 aliphatic rings. The van der Waals surface area contributed by atoms with Crippen molar-refractivity contribution < 1.29 is 14.7 Å². The number of aromatic nitrogens is 2. The molecule has 82 valence electrons. The van der Waals surface area contributed by atoms with E-state index < -0.39 is 11.6 Å². The average Bonchev–Trinajstić information content (AvgIpc) is 2.31. The molecule has 0 radical (unpaired) electrons. The predicted molar refractivity (Wildman–Crippen MR) is 51.1 cm³/mol. The van der Waals surface area contributed by atoms with Crippen molar-refractivity contribution in [2.45, 2.75) is 0 Å². The van der Waals surface area contributed by atoms with Gasteiger partial charge in [-0.2, -0.15) is 0 Å². The molecule has 0 spiro atoms. The van der Waals surface area contributed by atoms with Crippen LogP contribution in [0.3, 0.4) is 0 Å². The third kappa shape index (κ3) is 2.42. The molecule has 1 amide bonds. The summed E-state index contributed by atoms with van der Waals surface area (Å²) in [5.41, 5.74) is 7.54. The molecule has 16 heavy (non-hydrogen) atoms. The molecule has 0 atom stereocenters. The van der Waals surface area contributed by atoms with Crippen LogP contribution in [0, 0.1) is 0 Å². The van der Waals surface area contributed by atoms with Gasteiger partial charge in [-0.15, -0.1) is 10.2 Å². The number of carbonyl (C=O) groups is 1. The zero-order valence-electron chi connectivity index (χ0n) is 8.10. The Labute approximate surface area is 89.0 Å². The van der Waals surface area contributed by atoms with E-state index >= 15 is 0 Å². The van der Waals surface area contributed by atoms with Crippen LogP contribution in [-0.4, -0.2) is 34.1 Å². The Hall–Kier alpha value is -2.67. The summed E-state index contributed by atoms with van der Waals surface area (Å²) in [6.07, 6.45) is 0. The van der Waals surface area contributed by atoms with Crippen LogP contribution in [0.4, 0.5) is 0 Å². The minimum atomic E-state index is -1.05. The van der Waals surface area contributed by atoms with Crippen molar-refractivity contribution in [3.05, 3.63) is 28.3 Å². The van der Waals surface area contributed by atoms with Crippen molar-refractivity contribution in [2.24, 2.45) is 10.3 Å². The van der Waals surface area contributed by atoms with Crippen LogP contribution >= 0.6 is 0 Å². The van der Waals surface area contributed by atoms with Crippen LogP contribution in [0.1, 0.15) is 5.69 Å². The topological polar surface area (TPSA) is 133 Å². The summed E-state index contributed by atoms with van der Waals surface area (Å²) in [7, 11) is 1.40. The van der Waals surface area contributed by atoms with Gasteiger partial charge in [0.25, 0.3) is 5.91 Å². The molecule has 0 saturated heterocycles. The Bertz CT molecular complexity index is 462. The lowest BCUT2D eigenvalue weighted by Gasteiger charge is -1.99. The van der Waals surface area contributed by atoms with Crippen LogP contribution in [0.5, 0.6) is 5.88 Å². The second-order valence-electron chi connectivity index (χ2n) is 2.40. The van der Waals surface area contributed by atoms with Crippen molar-refractivity contribution in [1.82, 2.24) is 10.2 Å². The number of nitrogens with zero attached hydrogens (tertiary/aromatic N) is 6. The van der Waals surface area contributed by atoms with Crippen molar-refractivity contribution >= 4 is 11.6 Å². The highest BCUT2D eigenvalue weighted by atomic mass is 16.5. The van der Waals surface area contributed by atoms with E-state index in [1.807, 2.05) is 0 Å². The SMILES string of the molecule is COc1ccc(/C(=N/O)C(=O)N=[N+]=[N-])nn1. The van der Waals surface area contributed by atoms with Gasteiger partial charge in [-0.3, -0.25) is 4.79 Å². The highest BCUT2D eigenvalue weighted by Crippen LogP contribution is 2.05. The summed E-state index contributed by atoms with van der Waals surface area (Å²) in [5.74, 6) is -0.818. The molecule has 1 rings (SSSR count). The summed E-state index contributed by atoms with van der Waals surface area (Å²) in [5, 5.41) is 21.2. The number of azide groups is 1. The molecule has 0 fully saturated rings. The summed E-state index contributed by atoms with van der Waals surface area (Å²) < 4.78 is 4.75. The zero-order chi connectivity index (χ0) is 12.0. The third-order valence-electron chi connectivity index (χ3n) is 1.53. The Balaban J connectivity index is 3.05. The summed E-state index contributed by atoms with van der Waals surface area (Å²) in [6.45, 7) is 0. The van der Waals surface area contributed by atoms with Gasteiger partial charge in [-0.1, -0.05) is 5.16 Å². The number of rotatable bonds is 3. The van der Waals surface area contributed by atoms with Crippen molar-refractivity contribution in [3.63, 3.8) is 0 Å². The van der Waals surface area contributed by atoms with Gasteiger partial charge in [0.1, 0.15) is 5.69 Å². The number of hydrogen-bond acceptors (Lipinski definition) is 6. The number of methoxy groups -OCH3 is 1. The second kappa shape index (κ2) is 5.27. The Morgan fingerprint density at radius 2 is 2.31 bits per heavy atom. The molecule has 0 aliphatic heterocycles. The lowest BCUT2D eigenvalue weighted by Crippen LogP contribution is -2.15. The molecular weight excluding hydrogens is 216 g/mol. The Morgan fingerprint density at radius 1 is 1.56 bits per heavy atom. The molecule has 0 unspecified atom stereocenters. The van der Waals surface area contributed by atoms with Gasteiger partial charge in [0.2, 0.25) is 5.88 Å². The molecule has 1 heterocycles. The maximum Gasteiger partial charge on any atom is 0.273 e. The Morgan fingerprint density at radius 3 is 2.75 bits per heavy atom. The fourth-order valence-electron chi connectivity index (χ4n) is 0.847. The molecule has 9 heteroatoms. The number of amides is 1. The van der Waals surface area contributed by atoms with E-state index in [9.17, 15) is 4.79 Å². The van der Waals surface area contributed by atoms with E-state index in [1.165, 1.54) is 19.2 Å². The van der Waals surface area contributed by atoms with E-state index in [-0.39, 0.29) is 11.6 Å². The molecule has 1 aromatic heterocycles. The lowest BCUT2D eigenvalue weighted by atomic mass is 10.2. The average molecular weight is 222 g/mol. The van der Waals surface area contributed by atoms with Crippen molar-refractivity contribution in [3.8, 4) is 5.88 Å². The number of ether oxygens (including phenoxy) is 1. The molecule has 9 nitrogen and oxygen atoms in total. The monoisotopic (exact) mass is 222 g/mol. The molecule has 1 N–H and O–H groups in total. The minimum absolute atomic E-state index is 0.0271. The van der Waals surface area contributed by atoms with Gasteiger partial charge in [0.15, 0.2) is 5.71 Å². The normalized spacial score (nSPS) is 10.4. The van der Waals surface area contributed by atoms with E-state index in [0.29, 0.717) is 0 Å². The van der Waals surface area contributed by atoms with Crippen LogP contribution in [0.25, 0.3) is 10.4 Å². The van der Waals surface area contributed by atoms with Crippen molar-refractivity contribution in [2.75, 3.05) is 7.11 Å². The molecule has 1 aromatic rings. The molecule has 0 bridgehead atoms.